The first kappa shape index (κ1) is 23.0. The van der Waals surface area contributed by atoms with Gasteiger partial charge in [0, 0.05) is 31.2 Å². The van der Waals surface area contributed by atoms with Crippen LogP contribution in [0.4, 0.5) is 0 Å². The monoisotopic (exact) mass is 438 g/mol. The maximum atomic E-state index is 13.1. The molecule has 1 aromatic heterocycles. The highest BCUT2D eigenvalue weighted by molar-refractivity contribution is 7.09. The number of amides is 1. The van der Waals surface area contributed by atoms with Crippen molar-refractivity contribution in [3.63, 3.8) is 0 Å². The van der Waals surface area contributed by atoms with Gasteiger partial charge in [0.1, 0.15) is 17.4 Å². The molecule has 3 aromatic rings. The number of benzene rings is 2. The first-order valence-electron chi connectivity index (χ1n) is 10.4. The average Bonchev–Trinajstić information content (AvgIpc) is 3.21. The molecule has 164 valence electrons. The summed E-state index contributed by atoms with van der Waals surface area (Å²) in [6.45, 7) is 8.28. The number of carbonyl (C=O) groups excluding carboxylic acids is 1. The second-order valence-electron chi connectivity index (χ2n) is 7.66. The fraction of sp³-hybridized carbons (Fsp3) is 0.360. The third-order valence-electron chi connectivity index (χ3n) is 5.22. The normalized spacial score (nSPS) is 10.8. The van der Waals surface area contributed by atoms with Crippen molar-refractivity contribution in [3.8, 4) is 5.75 Å². The Balaban J connectivity index is 1.66. The topological polar surface area (TPSA) is 51.7 Å². The number of methoxy groups -OCH3 is 1. The second-order valence-corrected chi connectivity index (χ2v) is 8.60. The lowest BCUT2D eigenvalue weighted by Crippen LogP contribution is -2.32. The van der Waals surface area contributed by atoms with Crippen molar-refractivity contribution in [1.82, 2.24) is 9.88 Å². The molecule has 0 radical (unpaired) electrons. The summed E-state index contributed by atoms with van der Waals surface area (Å²) in [5.41, 5.74) is 5.06. The highest BCUT2D eigenvalue weighted by atomic mass is 32.1. The lowest BCUT2D eigenvalue weighted by molar-refractivity contribution is 0.0721. The Morgan fingerprint density at radius 2 is 1.87 bits per heavy atom. The van der Waals surface area contributed by atoms with Crippen LogP contribution in [0.15, 0.2) is 47.8 Å². The second kappa shape index (κ2) is 11.1. The average molecular weight is 439 g/mol. The Hall–Kier alpha value is -2.70. The van der Waals surface area contributed by atoms with Gasteiger partial charge in [-0.25, -0.2) is 4.98 Å². The number of aromatic nitrogens is 1. The molecule has 31 heavy (non-hydrogen) atoms. The minimum Gasteiger partial charge on any atom is -0.486 e. The van der Waals surface area contributed by atoms with Crippen molar-refractivity contribution >= 4 is 17.2 Å². The van der Waals surface area contributed by atoms with Crippen LogP contribution in [0.3, 0.4) is 0 Å². The third kappa shape index (κ3) is 6.39. The van der Waals surface area contributed by atoms with E-state index in [0.717, 1.165) is 34.0 Å². The Bertz CT molecular complexity index is 998. The third-order valence-corrected chi connectivity index (χ3v) is 6.09. The molecule has 0 aliphatic carbocycles. The number of carbonyl (C=O) groups is 1. The van der Waals surface area contributed by atoms with Crippen molar-refractivity contribution in [2.75, 3.05) is 20.3 Å². The summed E-state index contributed by atoms with van der Waals surface area (Å²) in [7, 11) is 1.68. The van der Waals surface area contributed by atoms with Gasteiger partial charge in [-0.1, -0.05) is 29.8 Å². The van der Waals surface area contributed by atoms with Crippen LogP contribution >= 0.6 is 11.3 Å². The van der Waals surface area contributed by atoms with Gasteiger partial charge < -0.3 is 14.4 Å². The number of ether oxygens (including phenoxy) is 2. The standard InChI is InChI=1S/C25H30N2O3S/c1-18-9-11-21(12-10-18)25(28)27(13-6-14-29-4)15-22-17-31-24(26-22)16-30-23-8-5-7-19(2)20(23)3/h5,7-12,17H,6,13-16H2,1-4H3. The van der Waals surface area contributed by atoms with Crippen LogP contribution in [0.2, 0.25) is 0 Å². The molecule has 6 heteroatoms. The quantitative estimate of drug-likeness (QED) is 0.402. The molecule has 1 amide bonds. The van der Waals surface area contributed by atoms with Gasteiger partial charge in [-0.2, -0.15) is 0 Å². The van der Waals surface area contributed by atoms with Gasteiger partial charge in [0.15, 0.2) is 0 Å². The van der Waals surface area contributed by atoms with Gasteiger partial charge in [0.2, 0.25) is 0 Å². The summed E-state index contributed by atoms with van der Waals surface area (Å²) < 4.78 is 11.2. The van der Waals surface area contributed by atoms with Crippen molar-refractivity contribution in [2.45, 2.75) is 40.3 Å². The van der Waals surface area contributed by atoms with Crippen LogP contribution in [-0.4, -0.2) is 36.1 Å². The predicted molar refractivity (Wildman–Crippen MR) is 125 cm³/mol. The van der Waals surface area contributed by atoms with Crippen LogP contribution in [-0.2, 0) is 17.9 Å². The molecule has 0 saturated carbocycles. The first-order chi connectivity index (χ1) is 15.0. The number of hydrogen-bond acceptors (Lipinski definition) is 5. The fourth-order valence-electron chi connectivity index (χ4n) is 3.23. The fourth-order valence-corrected chi connectivity index (χ4v) is 3.93. The zero-order valence-electron chi connectivity index (χ0n) is 18.7. The molecule has 5 nitrogen and oxygen atoms in total. The van der Waals surface area contributed by atoms with Crippen LogP contribution in [0.5, 0.6) is 5.75 Å². The van der Waals surface area contributed by atoms with E-state index >= 15 is 0 Å². The molecule has 0 aliphatic heterocycles. The number of aryl methyl sites for hydroxylation is 2. The van der Waals surface area contributed by atoms with Crippen LogP contribution < -0.4 is 4.74 Å². The zero-order chi connectivity index (χ0) is 22.2. The van der Waals surface area contributed by atoms with Crippen LogP contribution in [0.25, 0.3) is 0 Å². The molecule has 0 aliphatic rings. The number of nitrogens with zero attached hydrogens (tertiary/aromatic N) is 2. The molecule has 0 bridgehead atoms. The Kier molecular flexibility index (Phi) is 8.20. The van der Waals surface area contributed by atoms with Crippen molar-refractivity contribution < 1.29 is 14.3 Å². The van der Waals surface area contributed by atoms with E-state index in [9.17, 15) is 4.79 Å². The molecular formula is C25H30N2O3S. The van der Waals surface area contributed by atoms with E-state index in [-0.39, 0.29) is 5.91 Å². The molecular weight excluding hydrogens is 408 g/mol. The molecule has 0 atom stereocenters. The maximum absolute atomic E-state index is 13.1. The molecule has 0 unspecified atom stereocenters. The van der Waals surface area contributed by atoms with Crippen LogP contribution in [0.1, 0.15) is 44.2 Å². The van der Waals surface area contributed by atoms with Gasteiger partial charge in [0.25, 0.3) is 5.91 Å². The van der Waals surface area contributed by atoms with E-state index in [1.165, 1.54) is 5.56 Å². The van der Waals surface area contributed by atoms with Crippen LogP contribution in [0, 0.1) is 20.8 Å². The van der Waals surface area contributed by atoms with Gasteiger partial charge >= 0.3 is 0 Å². The van der Waals surface area contributed by atoms with Gasteiger partial charge in [-0.15, -0.1) is 11.3 Å². The lowest BCUT2D eigenvalue weighted by atomic mass is 10.1. The van der Waals surface area contributed by atoms with E-state index in [4.69, 9.17) is 14.5 Å². The summed E-state index contributed by atoms with van der Waals surface area (Å²) in [4.78, 5) is 19.6. The van der Waals surface area contributed by atoms with E-state index in [0.29, 0.717) is 31.9 Å². The van der Waals surface area contributed by atoms with Gasteiger partial charge in [0.05, 0.1) is 12.2 Å². The molecule has 0 fully saturated rings. The SMILES string of the molecule is COCCCN(Cc1csc(COc2cccc(C)c2C)n1)C(=O)c1ccc(C)cc1. The summed E-state index contributed by atoms with van der Waals surface area (Å²) in [5, 5.41) is 2.91. The van der Waals surface area contributed by atoms with Crippen molar-refractivity contribution in [3.05, 3.63) is 80.8 Å². The highest BCUT2D eigenvalue weighted by Crippen LogP contribution is 2.23. The predicted octanol–water partition coefficient (Wildman–Crippen LogP) is 5.33. The molecule has 1 heterocycles. The minimum atomic E-state index is 0.0114. The van der Waals surface area contributed by atoms with Gasteiger partial charge in [-0.3, -0.25) is 4.79 Å². The lowest BCUT2D eigenvalue weighted by Gasteiger charge is -2.22. The number of rotatable bonds is 10. The molecule has 0 N–H and O–H groups in total. The first-order valence-corrected chi connectivity index (χ1v) is 11.3. The zero-order valence-corrected chi connectivity index (χ0v) is 19.5. The number of thiazole rings is 1. The van der Waals surface area contributed by atoms with E-state index < -0.39 is 0 Å². The summed E-state index contributed by atoms with van der Waals surface area (Å²) >= 11 is 1.56. The largest absolute Gasteiger partial charge is 0.486 e. The Morgan fingerprint density at radius 1 is 1.10 bits per heavy atom. The van der Waals surface area contributed by atoms with Gasteiger partial charge in [-0.05, 0) is 56.5 Å². The van der Waals surface area contributed by atoms with Crippen molar-refractivity contribution in [1.29, 1.82) is 0 Å². The van der Waals surface area contributed by atoms with Crippen molar-refractivity contribution in [2.24, 2.45) is 0 Å². The molecule has 0 spiro atoms. The molecule has 2 aromatic carbocycles. The summed E-state index contributed by atoms with van der Waals surface area (Å²) in [6.07, 6.45) is 0.779. The Morgan fingerprint density at radius 3 is 2.61 bits per heavy atom. The Labute approximate surface area is 188 Å². The molecule has 3 rings (SSSR count). The van der Waals surface area contributed by atoms with E-state index in [2.05, 4.69) is 19.9 Å². The van der Waals surface area contributed by atoms with E-state index in [1.807, 2.05) is 53.6 Å². The highest BCUT2D eigenvalue weighted by Gasteiger charge is 2.17. The minimum absolute atomic E-state index is 0.0114. The number of hydrogen-bond donors (Lipinski definition) is 0. The molecule has 0 saturated heterocycles. The van der Waals surface area contributed by atoms with E-state index in [1.54, 1.807) is 18.4 Å². The summed E-state index contributed by atoms with van der Waals surface area (Å²) in [5.74, 6) is 0.893. The summed E-state index contributed by atoms with van der Waals surface area (Å²) in [6, 6.07) is 13.7. The maximum Gasteiger partial charge on any atom is 0.254 e. The smallest absolute Gasteiger partial charge is 0.254 e.